The van der Waals surface area contributed by atoms with Gasteiger partial charge >= 0.3 is 0 Å². The van der Waals surface area contributed by atoms with Gasteiger partial charge in [-0.2, -0.15) is 0 Å². The Morgan fingerprint density at radius 3 is 2.67 bits per heavy atom. The van der Waals surface area contributed by atoms with Gasteiger partial charge in [0, 0.05) is 34.3 Å². The highest BCUT2D eigenvalue weighted by Gasteiger charge is 2.36. The highest BCUT2D eigenvalue weighted by atomic mass is 32.2. The second kappa shape index (κ2) is 10.3. The number of hydrogen-bond acceptors (Lipinski definition) is 7. The SMILES string of the molecule is Cc1ccc(C(=O)CN2C(=O)S/C(=C\c3cn(CCOc4ccc5c(c4)OCO5)c4ccccc34)C2=O)cc1. The number of ketones is 1. The molecular formula is C30H24N2O6S. The molecule has 2 aliphatic heterocycles. The van der Waals surface area contributed by atoms with Crippen LogP contribution < -0.4 is 14.2 Å². The zero-order valence-electron chi connectivity index (χ0n) is 21.1. The Kier molecular flexibility index (Phi) is 6.58. The lowest BCUT2D eigenvalue weighted by Crippen LogP contribution is -2.33. The van der Waals surface area contributed by atoms with Crippen molar-refractivity contribution < 1.29 is 28.6 Å². The van der Waals surface area contributed by atoms with Crippen molar-refractivity contribution >= 4 is 45.7 Å². The van der Waals surface area contributed by atoms with Crippen LogP contribution in [-0.2, 0) is 11.3 Å². The van der Waals surface area contributed by atoms with E-state index >= 15 is 0 Å². The van der Waals surface area contributed by atoms with Crippen LogP contribution in [0, 0.1) is 6.92 Å². The molecule has 4 aromatic rings. The molecule has 8 nitrogen and oxygen atoms in total. The van der Waals surface area contributed by atoms with Gasteiger partial charge in [-0.3, -0.25) is 19.3 Å². The van der Waals surface area contributed by atoms with Gasteiger partial charge in [0.25, 0.3) is 11.1 Å². The van der Waals surface area contributed by atoms with Crippen LogP contribution >= 0.6 is 11.8 Å². The third kappa shape index (κ3) is 5.00. The predicted molar refractivity (Wildman–Crippen MR) is 148 cm³/mol. The summed E-state index contributed by atoms with van der Waals surface area (Å²) in [5, 5.41) is 0.496. The first kappa shape index (κ1) is 24.8. The number of para-hydroxylation sites is 1. The van der Waals surface area contributed by atoms with E-state index in [4.69, 9.17) is 14.2 Å². The van der Waals surface area contributed by atoms with Gasteiger partial charge in [-0.1, -0.05) is 48.0 Å². The predicted octanol–water partition coefficient (Wildman–Crippen LogP) is 5.68. The van der Waals surface area contributed by atoms with Crippen LogP contribution in [-0.4, -0.2) is 46.3 Å². The van der Waals surface area contributed by atoms with Crippen LogP contribution in [0.3, 0.4) is 0 Å². The highest BCUT2D eigenvalue weighted by Crippen LogP contribution is 2.36. The summed E-state index contributed by atoms with van der Waals surface area (Å²) in [5.74, 6) is 1.30. The number of benzene rings is 3. The van der Waals surface area contributed by atoms with E-state index in [2.05, 4.69) is 4.57 Å². The van der Waals surface area contributed by atoms with Crippen molar-refractivity contribution in [3.05, 3.63) is 94.5 Å². The van der Waals surface area contributed by atoms with Crippen LogP contribution in [0.2, 0.25) is 0 Å². The number of nitrogens with zero attached hydrogens (tertiary/aromatic N) is 2. The van der Waals surface area contributed by atoms with Crippen LogP contribution in [0.25, 0.3) is 17.0 Å². The maximum Gasteiger partial charge on any atom is 0.293 e. The second-order valence-corrected chi connectivity index (χ2v) is 10.2. The largest absolute Gasteiger partial charge is 0.492 e. The summed E-state index contributed by atoms with van der Waals surface area (Å²) in [6.07, 6.45) is 3.66. The zero-order chi connectivity index (χ0) is 26.9. The normalized spacial score (nSPS) is 15.5. The molecule has 0 saturated carbocycles. The van der Waals surface area contributed by atoms with Crippen molar-refractivity contribution in [2.45, 2.75) is 13.5 Å². The van der Waals surface area contributed by atoms with Crippen molar-refractivity contribution in [3.63, 3.8) is 0 Å². The molecule has 2 aliphatic rings. The number of aromatic nitrogens is 1. The summed E-state index contributed by atoms with van der Waals surface area (Å²) >= 11 is 0.849. The monoisotopic (exact) mass is 540 g/mol. The van der Waals surface area contributed by atoms with Crippen molar-refractivity contribution in [2.75, 3.05) is 19.9 Å². The molecule has 0 radical (unpaired) electrons. The summed E-state index contributed by atoms with van der Waals surface area (Å²) in [4.78, 5) is 39.8. The summed E-state index contributed by atoms with van der Waals surface area (Å²) in [6.45, 7) is 2.83. The quantitative estimate of drug-likeness (QED) is 0.210. The Bertz CT molecular complexity index is 1640. The number of carbonyl (C=O) groups is 3. The van der Waals surface area contributed by atoms with E-state index in [1.165, 1.54) is 0 Å². The molecule has 0 bridgehead atoms. The number of hydrogen-bond donors (Lipinski definition) is 0. The third-order valence-corrected chi connectivity index (χ3v) is 7.51. The fraction of sp³-hybridized carbons (Fsp3) is 0.167. The van der Waals surface area contributed by atoms with Crippen molar-refractivity contribution in [3.8, 4) is 17.2 Å². The van der Waals surface area contributed by atoms with Crippen molar-refractivity contribution in [2.24, 2.45) is 0 Å². The minimum atomic E-state index is -0.464. The molecule has 1 aromatic heterocycles. The van der Waals surface area contributed by atoms with E-state index in [1.807, 2.05) is 61.7 Å². The average Bonchev–Trinajstić information content (AvgIpc) is 3.62. The molecular weight excluding hydrogens is 516 g/mol. The molecule has 196 valence electrons. The first-order valence-corrected chi connectivity index (χ1v) is 13.2. The molecule has 0 atom stereocenters. The number of ether oxygens (including phenoxy) is 3. The summed E-state index contributed by atoms with van der Waals surface area (Å²) in [5.41, 5.74) is 3.28. The van der Waals surface area contributed by atoms with Crippen LogP contribution in [0.15, 0.2) is 77.8 Å². The smallest absolute Gasteiger partial charge is 0.293 e. The van der Waals surface area contributed by atoms with E-state index in [0.717, 1.165) is 38.7 Å². The molecule has 0 N–H and O–H groups in total. The van der Waals surface area contributed by atoms with Gasteiger partial charge in [0.1, 0.15) is 12.4 Å². The van der Waals surface area contributed by atoms with Gasteiger partial charge in [-0.05, 0) is 43.0 Å². The number of Topliss-reactive ketones (excluding diaryl/α,β-unsaturated/α-hetero) is 1. The number of rotatable bonds is 8. The van der Waals surface area contributed by atoms with Crippen LogP contribution in [0.5, 0.6) is 17.2 Å². The number of carbonyl (C=O) groups excluding carboxylic acids is 3. The lowest BCUT2D eigenvalue weighted by atomic mass is 10.1. The van der Waals surface area contributed by atoms with E-state index < -0.39 is 11.1 Å². The van der Waals surface area contributed by atoms with Crippen molar-refractivity contribution in [1.29, 1.82) is 0 Å². The van der Waals surface area contributed by atoms with Crippen LogP contribution in [0.1, 0.15) is 21.5 Å². The maximum atomic E-state index is 13.1. The third-order valence-electron chi connectivity index (χ3n) is 6.60. The molecule has 2 amide bonds. The van der Waals surface area contributed by atoms with Gasteiger partial charge in [0.15, 0.2) is 17.3 Å². The van der Waals surface area contributed by atoms with Gasteiger partial charge in [-0.25, -0.2) is 0 Å². The summed E-state index contributed by atoms with van der Waals surface area (Å²) < 4.78 is 18.7. The lowest BCUT2D eigenvalue weighted by Gasteiger charge is -2.11. The molecule has 39 heavy (non-hydrogen) atoms. The maximum absolute atomic E-state index is 13.1. The molecule has 9 heteroatoms. The zero-order valence-corrected chi connectivity index (χ0v) is 21.9. The minimum absolute atomic E-state index is 0.208. The number of thioether (sulfide) groups is 1. The molecule has 3 aromatic carbocycles. The van der Waals surface area contributed by atoms with E-state index in [9.17, 15) is 14.4 Å². The molecule has 0 aliphatic carbocycles. The van der Waals surface area contributed by atoms with E-state index in [0.29, 0.717) is 36.0 Å². The number of amides is 2. The fourth-order valence-corrected chi connectivity index (χ4v) is 5.38. The molecule has 6 rings (SSSR count). The van der Waals surface area contributed by atoms with E-state index in [1.54, 1.807) is 24.3 Å². The lowest BCUT2D eigenvalue weighted by molar-refractivity contribution is -0.122. The van der Waals surface area contributed by atoms with Crippen molar-refractivity contribution in [1.82, 2.24) is 9.47 Å². The van der Waals surface area contributed by atoms with Gasteiger partial charge < -0.3 is 18.8 Å². The van der Waals surface area contributed by atoms with Gasteiger partial charge in [0.2, 0.25) is 6.79 Å². The number of fused-ring (bicyclic) bond motifs is 2. The molecule has 0 unspecified atom stereocenters. The standard InChI is InChI=1S/C30H24N2O6S/c1-19-6-8-20(9-7-19)25(33)17-32-29(34)28(39-30(32)35)14-21-16-31(24-5-3-2-4-23(21)24)12-13-36-22-10-11-26-27(15-22)38-18-37-26/h2-11,14-16H,12-13,17-18H2,1H3/b28-14-. The van der Waals surface area contributed by atoms with E-state index in [-0.39, 0.29) is 24.0 Å². The summed E-state index contributed by atoms with van der Waals surface area (Å²) in [6, 6.07) is 20.4. The first-order valence-electron chi connectivity index (χ1n) is 12.4. The molecule has 0 spiro atoms. The minimum Gasteiger partial charge on any atom is -0.492 e. The topological polar surface area (TPSA) is 87.1 Å². The highest BCUT2D eigenvalue weighted by molar-refractivity contribution is 8.18. The number of aryl methyl sites for hydroxylation is 1. The second-order valence-electron chi connectivity index (χ2n) is 9.22. The Labute approximate surface area is 228 Å². The Morgan fingerprint density at radius 2 is 1.82 bits per heavy atom. The molecule has 1 fully saturated rings. The molecule has 3 heterocycles. The first-order chi connectivity index (χ1) is 19.0. The van der Waals surface area contributed by atoms with Gasteiger partial charge in [0.05, 0.1) is 18.0 Å². The number of imide groups is 1. The Morgan fingerprint density at radius 1 is 1.03 bits per heavy atom. The fourth-order valence-electron chi connectivity index (χ4n) is 4.56. The van der Waals surface area contributed by atoms with Gasteiger partial charge in [-0.15, -0.1) is 0 Å². The van der Waals surface area contributed by atoms with Crippen LogP contribution in [0.4, 0.5) is 4.79 Å². The Balaban J connectivity index is 1.18. The molecule has 1 saturated heterocycles. The Hall–Kier alpha value is -4.50. The summed E-state index contributed by atoms with van der Waals surface area (Å²) in [7, 11) is 0. The average molecular weight is 541 g/mol.